The second-order valence-electron chi connectivity index (χ2n) is 6.83. The molecule has 0 spiro atoms. The monoisotopic (exact) mass is 410 g/mol. The summed E-state index contributed by atoms with van der Waals surface area (Å²) < 4.78 is 28.9. The topological polar surface area (TPSA) is 43.4 Å². The number of unbranched alkanes of at least 4 members (excludes halogenated alkanes) is 12. The predicted octanol–water partition coefficient (Wildman–Crippen LogP) is 6.33. The molecule has 0 aromatic heterocycles. The van der Waals surface area contributed by atoms with Gasteiger partial charge in [0, 0.05) is 0 Å². The van der Waals surface area contributed by atoms with Gasteiger partial charge in [-0.2, -0.15) is 8.42 Å². The Morgan fingerprint density at radius 2 is 1.15 bits per heavy atom. The van der Waals surface area contributed by atoms with Crippen LogP contribution < -0.4 is 0 Å². The van der Waals surface area contributed by atoms with Crippen LogP contribution in [0.4, 0.5) is 0 Å². The zero-order chi connectivity index (χ0) is 18.2. The minimum absolute atomic E-state index is 0. The first-order valence-electron chi connectivity index (χ1n) is 10.1. The first kappa shape index (κ1) is 26.4. The standard InChI is InChI=1S/C21H36O3S.Ca.2H/c1-2-3-4-5-6-7-8-9-10-11-12-13-17-20-24-25(22,23)21-18-15-14-16-19-21;;;/h14-16,18-19H,2-13,17,20H2,1H3;;;/q;+2;2*-1. The van der Waals surface area contributed by atoms with E-state index in [4.69, 9.17) is 4.18 Å². The van der Waals surface area contributed by atoms with E-state index in [2.05, 4.69) is 6.92 Å². The van der Waals surface area contributed by atoms with Crippen molar-refractivity contribution in [2.75, 3.05) is 6.61 Å². The Morgan fingerprint density at radius 1 is 0.731 bits per heavy atom. The Labute approximate surface area is 194 Å². The van der Waals surface area contributed by atoms with Gasteiger partial charge < -0.3 is 2.85 Å². The minimum Gasteiger partial charge on any atom is -1.00 e. The van der Waals surface area contributed by atoms with Gasteiger partial charge >= 0.3 is 37.7 Å². The van der Waals surface area contributed by atoms with Crippen LogP contribution in [-0.4, -0.2) is 52.8 Å². The van der Waals surface area contributed by atoms with Gasteiger partial charge in [-0.3, -0.25) is 4.18 Å². The molecular formula is C21H38CaO3S. The van der Waals surface area contributed by atoms with Gasteiger partial charge in [0.25, 0.3) is 10.1 Å². The van der Waals surface area contributed by atoms with Crippen molar-refractivity contribution in [1.82, 2.24) is 0 Å². The largest absolute Gasteiger partial charge is 2.00 e. The van der Waals surface area contributed by atoms with Gasteiger partial charge in [0.15, 0.2) is 0 Å². The first-order chi connectivity index (χ1) is 12.2. The first-order valence-corrected chi connectivity index (χ1v) is 11.5. The quantitative estimate of drug-likeness (QED) is 0.182. The van der Waals surface area contributed by atoms with Crippen LogP contribution in [0.2, 0.25) is 0 Å². The van der Waals surface area contributed by atoms with Crippen molar-refractivity contribution in [2.45, 2.75) is 95.3 Å². The molecule has 0 saturated heterocycles. The summed E-state index contributed by atoms with van der Waals surface area (Å²) in [6.07, 6.45) is 16.6. The van der Waals surface area contributed by atoms with Crippen molar-refractivity contribution in [3.05, 3.63) is 30.3 Å². The van der Waals surface area contributed by atoms with Crippen LogP contribution in [0.3, 0.4) is 0 Å². The van der Waals surface area contributed by atoms with E-state index in [1.54, 1.807) is 30.3 Å². The summed E-state index contributed by atoms with van der Waals surface area (Å²) >= 11 is 0. The molecule has 0 saturated carbocycles. The molecule has 0 fully saturated rings. The average molecular weight is 411 g/mol. The second kappa shape index (κ2) is 17.5. The number of hydrogen-bond acceptors (Lipinski definition) is 3. The molecule has 0 N–H and O–H groups in total. The summed E-state index contributed by atoms with van der Waals surface area (Å²) in [5, 5.41) is 0. The van der Waals surface area contributed by atoms with Crippen molar-refractivity contribution >= 4 is 47.9 Å². The maximum Gasteiger partial charge on any atom is 2.00 e. The van der Waals surface area contributed by atoms with Gasteiger partial charge in [-0.1, -0.05) is 102 Å². The molecule has 0 aliphatic rings. The van der Waals surface area contributed by atoms with E-state index >= 15 is 0 Å². The van der Waals surface area contributed by atoms with Crippen LogP contribution in [0, 0.1) is 0 Å². The third-order valence-corrected chi connectivity index (χ3v) is 5.84. The van der Waals surface area contributed by atoms with Gasteiger partial charge in [-0.25, -0.2) is 0 Å². The van der Waals surface area contributed by atoms with E-state index in [1.807, 2.05) is 0 Å². The Kier molecular flexibility index (Phi) is 17.7. The van der Waals surface area contributed by atoms with Crippen LogP contribution in [0.5, 0.6) is 0 Å². The zero-order valence-electron chi connectivity index (χ0n) is 18.6. The maximum atomic E-state index is 11.9. The van der Waals surface area contributed by atoms with Gasteiger partial charge in [0.2, 0.25) is 0 Å². The summed E-state index contributed by atoms with van der Waals surface area (Å²) in [6.45, 7) is 2.54. The average Bonchev–Trinajstić information content (AvgIpc) is 2.63. The molecule has 0 aliphatic heterocycles. The van der Waals surface area contributed by atoms with E-state index in [9.17, 15) is 8.42 Å². The molecule has 0 bridgehead atoms. The van der Waals surface area contributed by atoms with Crippen molar-refractivity contribution in [3.8, 4) is 0 Å². The summed E-state index contributed by atoms with van der Waals surface area (Å²) in [5.41, 5.74) is 0. The van der Waals surface area contributed by atoms with Crippen LogP contribution >= 0.6 is 0 Å². The number of rotatable bonds is 16. The fourth-order valence-electron chi connectivity index (χ4n) is 2.94. The normalized spacial score (nSPS) is 11.3. The number of hydrogen-bond donors (Lipinski definition) is 0. The van der Waals surface area contributed by atoms with Crippen LogP contribution in [0.25, 0.3) is 0 Å². The van der Waals surface area contributed by atoms with Crippen LogP contribution in [0.15, 0.2) is 35.2 Å². The van der Waals surface area contributed by atoms with Crippen molar-refractivity contribution in [2.24, 2.45) is 0 Å². The third kappa shape index (κ3) is 13.5. The molecular weight excluding hydrogens is 372 g/mol. The van der Waals surface area contributed by atoms with Crippen LogP contribution in [-0.2, 0) is 14.3 Å². The molecule has 3 nitrogen and oxygen atoms in total. The van der Waals surface area contributed by atoms with Crippen molar-refractivity contribution < 1.29 is 15.5 Å². The van der Waals surface area contributed by atoms with E-state index < -0.39 is 10.1 Å². The Hall–Kier alpha value is 0.390. The van der Waals surface area contributed by atoms with Gasteiger partial charge in [-0.05, 0) is 18.6 Å². The fourth-order valence-corrected chi connectivity index (χ4v) is 3.91. The summed E-state index contributed by atoms with van der Waals surface area (Å²) in [6, 6.07) is 8.35. The van der Waals surface area contributed by atoms with E-state index in [0.717, 1.165) is 12.8 Å². The maximum absolute atomic E-state index is 11.9. The number of benzene rings is 1. The second-order valence-corrected chi connectivity index (χ2v) is 8.45. The Morgan fingerprint density at radius 3 is 1.62 bits per heavy atom. The molecule has 0 atom stereocenters. The predicted molar refractivity (Wildman–Crippen MR) is 113 cm³/mol. The van der Waals surface area contributed by atoms with E-state index in [1.165, 1.54) is 70.6 Å². The molecule has 0 aliphatic carbocycles. The molecule has 26 heavy (non-hydrogen) atoms. The molecule has 1 aromatic rings. The van der Waals surface area contributed by atoms with Gasteiger partial charge in [-0.15, -0.1) is 0 Å². The molecule has 1 rings (SSSR count). The summed E-state index contributed by atoms with van der Waals surface area (Å²) in [4.78, 5) is 0.240. The molecule has 0 heterocycles. The minimum atomic E-state index is -3.58. The van der Waals surface area contributed by atoms with Crippen molar-refractivity contribution in [3.63, 3.8) is 0 Å². The van der Waals surface area contributed by atoms with Gasteiger partial charge in [0.1, 0.15) is 0 Å². The molecule has 1 aromatic carbocycles. The van der Waals surface area contributed by atoms with E-state index in [0.29, 0.717) is 0 Å². The van der Waals surface area contributed by atoms with Crippen LogP contribution in [0.1, 0.15) is 93.2 Å². The zero-order valence-corrected chi connectivity index (χ0v) is 19.7. The molecule has 0 amide bonds. The fraction of sp³-hybridized carbons (Fsp3) is 0.714. The van der Waals surface area contributed by atoms with E-state index in [-0.39, 0.29) is 52.1 Å². The molecule has 5 heteroatoms. The third-order valence-electron chi connectivity index (χ3n) is 4.52. The summed E-state index contributed by atoms with van der Waals surface area (Å²) in [5.74, 6) is 0. The molecule has 0 unspecified atom stereocenters. The Balaban J connectivity index is -0.00000208. The van der Waals surface area contributed by atoms with Crippen molar-refractivity contribution in [1.29, 1.82) is 0 Å². The molecule has 148 valence electrons. The SMILES string of the molecule is CCCCCCCCCCCCCCCOS(=O)(=O)c1ccccc1.[Ca+2].[H-].[H-]. The Bertz CT molecular complexity index is 528. The molecule has 0 radical (unpaired) electrons. The van der Waals surface area contributed by atoms with Gasteiger partial charge in [0.05, 0.1) is 11.5 Å². The smallest absolute Gasteiger partial charge is 1.00 e. The summed E-state index contributed by atoms with van der Waals surface area (Å²) in [7, 11) is -3.58.